The van der Waals surface area contributed by atoms with Crippen molar-refractivity contribution in [1.29, 1.82) is 0 Å². The van der Waals surface area contributed by atoms with E-state index in [1.807, 2.05) is 0 Å². The number of hydrogen-bond acceptors (Lipinski definition) is 8. The molecule has 0 atom stereocenters. The van der Waals surface area contributed by atoms with Crippen molar-refractivity contribution in [3.63, 3.8) is 0 Å². The monoisotopic (exact) mass is 567 g/mol. The number of aromatic nitrogens is 2. The maximum absolute atomic E-state index is 13.6. The van der Waals surface area contributed by atoms with Gasteiger partial charge in [0.2, 0.25) is 11.9 Å². The summed E-state index contributed by atoms with van der Waals surface area (Å²) in [7, 11) is -8.11. The molecule has 0 saturated heterocycles. The van der Waals surface area contributed by atoms with Gasteiger partial charge in [0, 0.05) is 18.1 Å². The topological polar surface area (TPSA) is 148 Å². The molecule has 0 saturated carbocycles. The van der Waals surface area contributed by atoms with Gasteiger partial charge in [0.15, 0.2) is 0 Å². The molecule has 1 amide bonds. The maximum atomic E-state index is 13.6. The van der Waals surface area contributed by atoms with E-state index in [9.17, 15) is 21.6 Å². The fourth-order valence-corrected chi connectivity index (χ4v) is 5.95. The molecule has 0 radical (unpaired) electrons. The number of carbonyl (C=O) groups is 1. The van der Waals surface area contributed by atoms with Crippen molar-refractivity contribution < 1.29 is 26.4 Å². The average molecular weight is 568 g/mol. The summed E-state index contributed by atoms with van der Waals surface area (Å²) < 4.78 is 61.3. The molecule has 2 N–H and O–H groups in total. The number of sulfonamides is 2. The molecule has 0 aliphatic carbocycles. The highest BCUT2D eigenvalue weighted by molar-refractivity contribution is 7.93. The molecule has 4 rings (SSSR count). The second kappa shape index (κ2) is 11.9. The van der Waals surface area contributed by atoms with Crippen molar-refractivity contribution in [3.05, 3.63) is 97.3 Å². The summed E-state index contributed by atoms with van der Waals surface area (Å²) in [6.07, 6.45) is 2.80. The lowest BCUT2D eigenvalue weighted by atomic mass is 10.3. The van der Waals surface area contributed by atoms with E-state index in [4.69, 9.17) is 4.74 Å². The molecular weight excluding hydrogens is 542 g/mol. The fourth-order valence-electron chi connectivity index (χ4n) is 3.54. The minimum atomic E-state index is -4.15. The smallest absolute Gasteiger partial charge is 0.264 e. The van der Waals surface area contributed by atoms with E-state index in [-0.39, 0.29) is 27.1 Å². The van der Waals surface area contributed by atoms with Crippen LogP contribution in [0.15, 0.2) is 107 Å². The van der Waals surface area contributed by atoms with Crippen LogP contribution in [0.2, 0.25) is 0 Å². The zero-order valence-corrected chi connectivity index (χ0v) is 22.4. The predicted molar refractivity (Wildman–Crippen MR) is 146 cm³/mol. The van der Waals surface area contributed by atoms with Gasteiger partial charge in [-0.2, -0.15) is 0 Å². The molecule has 39 heavy (non-hydrogen) atoms. The quantitative estimate of drug-likeness (QED) is 0.280. The number of anilines is 3. The summed E-state index contributed by atoms with van der Waals surface area (Å²) in [6.45, 7) is 1.50. The van der Waals surface area contributed by atoms with Gasteiger partial charge in [-0.15, -0.1) is 0 Å². The van der Waals surface area contributed by atoms with Crippen molar-refractivity contribution in [2.24, 2.45) is 0 Å². The van der Waals surface area contributed by atoms with E-state index >= 15 is 0 Å². The van der Waals surface area contributed by atoms with Crippen molar-refractivity contribution >= 4 is 43.3 Å². The lowest BCUT2D eigenvalue weighted by Gasteiger charge is -2.26. The molecule has 4 aromatic rings. The number of nitrogens with zero attached hydrogens (tertiary/aromatic N) is 3. The first-order valence-electron chi connectivity index (χ1n) is 11.7. The molecule has 0 unspecified atom stereocenters. The first-order chi connectivity index (χ1) is 18.7. The minimum Gasteiger partial charge on any atom is -0.492 e. The van der Waals surface area contributed by atoms with Crippen molar-refractivity contribution in [2.45, 2.75) is 16.7 Å². The van der Waals surface area contributed by atoms with Crippen LogP contribution in [0.5, 0.6) is 5.75 Å². The third-order valence-electron chi connectivity index (χ3n) is 5.29. The van der Waals surface area contributed by atoms with Gasteiger partial charge in [0.25, 0.3) is 20.0 Å². The number of ether oxygens (including phenoxy) is 1. The highest BCUT2D eigenvalue weighted by Gasteiger charge is 2.29. The average Bonchev–Trinajstić information content (AvgIpc) is 2.93. The molecule has 1 aromatic heterocycles. The van der Waals surface area contributed by atoms with E-state index in [1.165, 1.54) is 48.8 Å². The Hall–Kier alpha value is -4.49. The van der Waals surface area contributed by atoms with Gasteiger partial charge in [0.1, 0.15) is 12.3 Å². The number of para-hydroxylation sites is 2. The molecule has 0 bridgehead atoms. The van der Waals surface area contributed by atoms with Crippen molar-refractivity contribution in [2.75, 3.05) is 27.5 Å². The molecular formula is C26H25N5O6S2. The zero-order chi connectivity index (χ0) is 27.9. The van der Waals surface area contributed by atoms with Crippen LogP contribution in [0.3, 0.4) is 0 Å². The molecule has 0 aliphatic heterocycles. The van der Waals surface area contributed by atoms with E-state index in [0.29, 0.717) is 12.4 Å². The van der Waals surface area contributed by atoms with Crippen LogP contribution in [0.1, 0.15) is 6.92 Å². The zero-order valence-electron chi connectivity index (χ0n) is 20.8. The van der Waals surface area contributed by atoms with Gasteiger partial charge in [-0.3, -0.25) is 9.10 Å². The summed E-state index contributed by atoms with van der Waals surface area (Å²) in [5.74, 6) is -0.425. The highest BCUT2D eigenvalue weighted by Crippen LogP contribution is 2.32. The molecule has 0 aliphatic rings. The molecule has 13 heteroatoms. The Morgan fingerprint density at radius 3 is 2.13 bits per heavy atom. The molecule has 3 aromatic carbocycles. The molecule has 1 heterocycles. The summed E-state index contributed by atoms with van der Waals surface area (Å²) in [4.78, 5) is 20.7. The summed E-state index contributed by atoms with van der Waals surface area (Å²) >= 11 is 0. The van der Waals surface area contributed by atoms with Crippen molar-refractivity contribution in [3.8, 4) is 5.75 Å². The highest BCUT2D eigenvalue weighted by atomic mass is 32.2. The van der Waals surface area contributed by atoms with Crippen LogP contribution < -0.4 is 19.1 Å². The van der Waals surface area contributed by atoms with E-state index < -0.39 is 32.5 Å². The van der Waals surface area contributed by atoms with Crippen LogP contribution in [-0.4, -0.2) is 45.9 Å². The second-order valence-corrected chi connectivity index (χ2v) is 11.5. The van der Waals surface area contributed by atoms with Crippen LogP contribution >= 0.6 is 0 Å². The molecule has 202 valence electrons. The number of hydrogen-bond donors (Lipinski definition) is 2. The van der Waals surface area contributed by atoms with Crippen LogP contribution in [0, 0.1) is 0 Å². The third kappa shape index (κ3) is 6.69. The largest absolute Gasteiger partial charge is 0.492 e. The van der Waals surface area contributed by atoms with E-state index in [1.54, 1.807) is 55.5 Å². The molecule has 0 spiro atoms. The number of amides is 1. The van der Waals surface area contributed by atoms with Gasteiger partial charge in [-0.1, -0.05) is 30.3 Å². The number of benzene rings is 3. The summed E-state index contributed by atoms with van der Waals surface area (Å²) in [5, 5.41) is 2.62. The Labute approximate surface area is 226 Å². The molecule has 11 nitrogen and oxygen atoms in total. The Bertz CT molecular complexity index is 1630. The third-order valence-corrected chi connectivity index (χ3v) is 8.41. The Kier molecular flexibility index (Phi) is 8.42. The van der Waals surface area contributed by atoms with Gasteiger partial charge in [-0.25, -0.2) is 31.5 Å². The number of carbonyl (C=O) groups excluding carboxylic acids is 1. The predicted octanol–water partition coefficient (Wildman–Crippen LogP) is 3.51. The second-order valence-electron chi connectivity index (χ2n) is 7.98. The summed E-state index contributed by atoms with van der Waals surface area (Å²) in [6, 6.07) is 21.2. The maximum Gasteiger partial charge on any atom is 0.264 e. The van der Waals surface area contributed by atoms with Gasteiger partial charge >= 0.3 is 0 Å². The lowest BCUT2D eigenvalue weighted by Crippen LogP contribution is -2.38. The van der Waals surface area contributed by atoms with Crippen LogP contribution in [0.25, 0.3) is 0 Å². The Morgan fingerprint density at radius 2 is 1.46 bits per heavy atom. The SMILES string of the molecule is CCOc1ccccc1N(CC(=O)Nc1ccc(S(=O)(=O)Nc2ncccn2)cc1)S(=O)(=O)c1ccccc1. The van der Waals surface area contributed by atoms with E-state index in [0.717, 1.165) is 4.31 Å². The minimum absolute atomic E-state index is 0.00792. The normalized spacial score (nSPS) is 11.4. The Balaban J connectivity index is 1.56. The van der Waals surface area contributed by atoms with Gasteiger partial charge < -0.3 is 10.1 Å². The van der Waals surface area contributed by atoms with Crippen molar-refractivity contribution in [1.82, 2.24) is 9.97 Å². The van der Waals surface area contributed by atoms with Crippen LogP contribution in [0.4, 0.5) is 17.3 Å². The first kappa shape index (κ1) is 27.5. The fraction of sp³-hybridized carbons (Fsp3) is 0.115. The molecule has 0 fully saturated rings. The number of rotatable bonds is 11. The summed E-state index contributed by atoms with van der Waals surface area (Å²) in [5.41, 5.74) is 0.471. The van der Waals surface area contributed by atoms with Gasteiger partial charge in [0.05, 0.1) is 22.1 Å². The van der Waals surface area contributed by atoms with E-state index in [2.05, 4.69) is 20.0 Å². The Morgan fingerprint density at radius 1 is 0.821 bits per heavy atom. The first-order valence-corrected chi connectivity index (χ1v) is 14.6. The standard InChI is InChI=1S/C26H25N5O6S2/c1-2-37-24-12-7-6-11-23(24)31(39(35,36)22-9-4-3-5-10-22)19-25(32)29-20-13-15-21(16-14-20)38(33,34)30-26-27-17-8-18-28-26/h3-18H,2,19H2,1H3,(H,29,32)(H,27,28,30). The van der Waals surface area contributed by atoms with Gasteiger partial charge in [-0.05, 0) is 61.5 Å². The lowest BCUT2D eigenvalue weighted by molar-refractivity contribution is -0.114. The van der Waals surface area contributed by atoms with Crippen LogP contribution in [-0.2, 0) is 24.8 Å². The number of nitrogens with one attached hydrogen (secondary N) is 2.